The van der Waals surface area contributed by atoms with Gasteiger partial charge in [-0.05, 0) is 47.9 Å². The maximum absolute atomic E-state index is 13.0. The Morgan fingerprint density at radius 2 is 1.94 bits per heavy atom. The van der Waals surface area contributed by atoms with Crippen molar-refractivity contribution in [3.63, 3.8) is 0 Å². The smallest absolute Gasteiger partial charge is 0.255 e. The van der Waals surface area contributed by atoms with E-state index in [1.807, 2.05) is 47.2 Å². The van der Waals surface area contributed by atoms with E-state index in [1.165, 1.54) is 0 Å². The summed E-state index contributed by atoms with van der Waals surface area (Å²) in [6, 6.07) is 16.4. The van der Waals surface area contributed by atoms with Crippen LogP contribution >= 0.6 is 11.3 Å². The number of para-hydroxylation sites is 1. The van der Waals surface area contributed by atoms with Crippen molar-refractivity contribution in [2.24, 2.45) is 5.92 Å². The molecular weight excluding hydrogens is 410 g/mol. The zero-order valence-electron chi connectivity index (χ0n) is 17.1. The van der Waals surface area contributed by atoms with Crippen LogP contribution in [0.3, 0.4) is 0 Å². The lowest BCUT2D eigenvalue weighted by molar-refractivity contribution is 0.0940. The first-order valence-corrected chi connectivity index (χ1v) is 11.0. The zero-order valence-corrected chi connectivity index (χ0v) is 17.9. The van der Waals surface area contributed by atoms with Gasteiger partial charge < -0.3 is 14.8 Å². The van der Waals surface area contributed by atoms with Gasteiger partial charge in [0.15, 0.2) is 11.0 Å². The highest BCUT2D eigenvalue weighted by Gasteiger charge is 2.19. The molecule has 1 atom stereocenters. The maximum Gasteiger partial charge on any atom is 0.255 e. The topological polar surface area (TPSA) is 79.5 Å². The number of benzene rings is 2. The minimum atomic E-state index is -0.333. The van der Waals surface area contributed by atoms with Crippen molar-refractivity contribution in [1.82, 2.24) is 5.32 Å². The fourth-order valence-electron chi connectivity index (χ4n) is 3.63. The fraction of sp³-hybridized carbons (Fsp3) is 0.200. The van der Waals surface area contributed by atoms with Crippen molar-refractivity contribution in [2.75, 3.05) is 13.2 Å². The largest absolute Gasteiger partial charge is 0.455 e. The van der Waals surface area contributed by atoms with Crippen LogP contribution in [0.2, 0.25) is 0 Å². The van der Waals surface area contributed by atoms with Crippen LogP contribution in [-0.4, -0.2) is 24.2 Å². The number of fused-ring (bicyclic) bond motifs is 1. The number of aliphatic hydroxyl groups is 1. The number of carbonyl (C=O) groups excluding carboxylic acids is 1. The summed E-state index contributed by atoms with van der Waals surface area (Å²) in [7, 11) is 0. The van der Waals surface area contributed by atoms with E-state index in [9.17, 15) is 14.7 Å². The summed E-state index contributed by atoms with van der Waals surface area (Å²) in [6.45, 7) is 2.03. The SMILES string of the molecule is Cc1c(-c2ccccc2)oc2c(C(=O)NC[C@H](CO)Cc3ccsc3)cccc2c1=O. The molecule has 2 heterocycles. The highest BCUT2D eigenvalue weighted by atomic mass is 32.1. The third-order valence-electron chi connectivity index (χ3n) is 5.34. The van der Waals surface area contributed by atoms with Crippen LogP contribution in [0.15, 0.2) is 74.6 Å². The number of hydrogen-bond acceptors (Lipinski definition) is 5. The van der Waals surface area contributed by atoms with E-state index in [0.29, 0.717) is 35.2 Å². The predicted octanol–water partition coefficient (Wildman–Crippen LogP) is 4.41. The average molecular weight is 434 g/mol. The second-order valence-electron chi connectivity index (χ2n) is 7.53. The van der Waals surface area contributed by atoms with Crippen LogP contribution in [-0.2, 0) is 6.42 Å². The Hall–Kier alpha value is -3.22. The van der Waals surface area contributed by atoms with Crippen molar-refractivity contribution < 1.29 is 14.3 Å². The second kappa shape index (κ2) is 9.29. The number of rotatable bonds is 7. The lowest BCUT2D eigenvalue weighted by Gasteiger charge is -2.15. The average Bonchev–Trinajstić information content (AvgIpc) is 3.32. The summed E-state index contributed by atoms with van der Waals surface area (Å²) >= 11 is 1.61. The van der Waals surface area contributed by atoms with E-state index in [4.69, 9.17) is 4.42 Å². The summed E-state index contributed by atoms with van der Waals surface area (Å²) in [5.41, 5.74) is 2.85. The molecule has 158 valence electrons. The van der Waals surface area contributed by atoms with Crippen LogP contribution < -0.4 is 10.7 Å². The van der Waals surface area contributed by atoms with E-state index in [-0.39, 0.29) is 29.4 Å². The molecule has 2 aromatic heterocycles. The molecule has 0 aliphatic carbocycles. The number of nitrogens with one attached hydrogen (secondary N) is 1. The molecule has 0 radical (unpaired) electrons. The molecule has 2 aromatic carbocycles. The van der Waals surface area contributed by atoms with Crippen LogP contribution in [0.5, 0.6) is 0 Å². The Bertz CT molecular complexity index is 1250. The van der Waals surface area contributed by atoms with Crippen molar-refractivity contribution in [2.45, 2.75) is 13.3 Å². The molecular formula is C25H23NO4S. The molecule has 6 heteroatoms. The van der Waals surface area contributed by atoms with E-state index >= 15 is 0 Å². The standard InChI is InChI=1S/C25H23NO4S/c1-16-22(28)20-8-5-9-21(24(20)30-23(16)19-6-3-2-4-7-19)25(29)26-13-18(14-27)12-17-10-11-31-15-17/h2-11,15,18,27H,12-14H2,1H3,(H,26,29)/t18-/m1/s1. The second-order valence-corrected chi connectivity index (χ2v) is 8.31. The molecule has 5 nitrogen and oxygen atoms in total. The number of carbonyl (C=O) groups is 1. The molecule has 0 bridgehead atoms. The summed E-state index contributed by atoms with van der Waals surface area (Å²) in [5.74, 6) is 0.0343. The van der Waals surface area contributed by atoms with Crippen molar-refractivity contribution in [3.8, 4) is 11.3 Å². The van der Waals surface area contributed by atoms with Crippen LogP contribution in [0.4, 0.5) is 0 Å². The number of aliphatic hydroxyl groups excluding tert-OH is 1. The first-order chi connectivity index (χ1) is 15.1. The van der Waals surface area contributed by atoms with Gasteiger partial charge in [-0.15, -0.1) is 0 Å². The highest BCUT2D eigenvalue weighted by molar-refractivity contribution is 7.07. The van der Waals surface area contributed by atoms with Gasteiger partial charge in [-0.3, -0.25) is 9.59 Å². The van der Waals surface area contributed by atoms with Gasteiger partial charge in [-0.2, -0.15) is 11.3 Å². The third-order valence-corrected chi connectivity index (χ3v) is 6.07. The summed E-state index contributed by atoms with van der Waals surface area (Å²) in [4.78, 5) is 25.9. The Morgan fingerprint density at radius 3 is 2.65 bits per heavy atom. The lowest BCUT2D eigenvalue weighted by Crippen LogP contribution is -2.32. The van der Waals surface area contributed by atoms with Crippen molar-refractivity contribution in [1.29, 1.82) is 0 Å². The normalized spacial score (nSPS) is 12.1. The van der Waals surface area contributed by atoms with Gasteiger partial charge in [0.1, 0.15) is 5.76 Å². The highest BCUT2D eigenvalue weighted by Crippen LogP contribution is 2.27. The molecule has 31 heavy (non-hydrogen) atoms. The summed E-state index contributed by atoms with van der Waals surface area (Å²) in [6.07, 6.45) is 0.683. The van der Waals surface area contributed by atoms with Crippen LogP contribution in [0.1, 0.15) is 21.5 Å². The molecule has 4 aromatic rings. The summed E-state index contributed by atoms with van der Waals surface area (Å²) < 4.78 is 6.12. The van der Waals surface area contributed by atoms with Gasteiger partial charge >= 0.3 is 0 Å². The van der Waals surface area contributed by atoms with Gasteiger partial charge in [0.05, 0.1) is 10.9 Å². The van der Waals surface area contributed by atoms with Crippen molar-refractivity contribution in [3.05, 3.63) is 92.3 Å². The van der Waals surface area contributed by atoms with E-state index in [1.54, 1.807) is 36.5 Å². The third kappa shape index (κ3) is 4.45. The molecule has 0 saturated carbocycles. The van der Waals surface area contributed by atoms with Crippen LogP contribution in [0.25, 0.3) is 22.3 Å². The minimum absolute atomic E-state index is 0.0297. The van der Waals surface area contributed by atoms with Gasteiger partial charge in [-0.1, -0.05) is 36.4 Å². The first-order valence-electron chi connectivity index (χ1n) is 10.1. The zero-order chi connectivity index (χ0) is 21.8. The van der Waals surface area contributed by atoms with Crippen molar-refractivity contribution >= 4 is 28.2 Å². The lowest BCUT2D eigenvalue weighted by atomic mass is 10.0. The Morgan fingerprint density at radius 1 is 1.13 bits per heavy atom. The molecule has 0 aliphatic rings. The monoisotopic (exact) mass is 433 g/mol. The van der Waals surface area contributed by atoms with Gasteiger partial charge in [-0.25, -0.2) is 0 Å². The molecule has 0 unspecified atom stereocenters. The predicted molar refractivity (Wildman–Crippen MR) is 124 cm³/mol. The fourth-order valence-corrected chi connectivity index (χ4v) is 4.31. The van der Waals surface area contributed by atoms with E-state index in [0.717, 1.165) is 11.1 Å². The molecule has 4 rings (SSSR count). The Labute approximate surface area is 184 Å². The van der Waals surface area contributed by atoms with E-state index in [2.05, 4.69) is 5.32 Å². The number of hydrogen-bond donors (Lipinski definition) is 2. The van der Waals surface area contributed by atoms with Crippen LogP contribution in [0, 0.1) is 12.8 Å². The van der Waals surface area contributed by atoms with E-state index < -0.39 is 0 Å². The summed E-state index contributed by atoms with van der Waals surface area (Å²) in [5, 5.41) is 17.0. The molecule has 0 saturated heterocycles. The number of amides is 1. The molecule has 0 spiro atoms. The molecule has 0 fully saturated rings. The van der Waals surface area contributed by atoms with Gasteiger partial charge in [0.25, 0.3) is 5.91 Å². The van der Waals surface area contributed by atoms with Gasteiger partial charge in [0, 0.05) is 30.2 Å². The molecule has 1 amide bonds. The Balaban J connectivity index is 1.64. The van der Waals surface area contributed by atoms with Gasteiger partial charge in [0.2, 0.25) is 0 Å². The molecule has 2 N–H and O–H groups in total. The first kappa shape index (κ1) is 21.0. The number of thiophene rings is 1. The Kier molecular flexibility index (Phi) is 6.30. The maximum atomic E-state index is 13.0. The molecule has 0 aliphatic heterocycles. The quantitative estimate of drug-likeness (QED) is 0.452. The minimum Gasteiger partial charge on any atom is -0.455 e.